The molecule has 0 N–H and O–H groups in total. The molecule has 0 spiro atoms. The largest absolute Gasteiger partial charge is 0.422 e. The molecule has 0 unspecified atom stereocenters. The molecule has 12 heavy (non-hydrogen) atoms. The molecule has 0 aliphatic carbocycles. The van der Waals surface area contributed by atoms with Gasteiger partial charge in [0.1, 0.15) is 10.2 Å². The van der Waals surface area contributed by atoms with Gasteiger partial charge in [-0.2, -0.15) is 0 Å². The van der Waals surface area contributed by atoms with Gasteiger partial charge in [0.05, 0.1) is 0 Å². The first-order valence-electron chi connectivity index (χ1n) is 3.23. The van der Waals surface area contributed by atoms with Crippen LogP contribution in [-0.4, -0.2) is 5.97 Å². The van der Waals surface area contributed by atoms with Crippen molar-refractivity contribution < 1.29 is 9.53 Å². The van der Waals surface area contributed by atoms with Crippen molar-refractivity contribution in [3.63, 3.8) is 0 Å². The lowest BCUT2D eigenvalue weighted by Gasteiger charge is -1.97. The van der Waals surface area contributed by atoms with Crippen molar-refractivity contribution in [3.05, 3.63) is 33.5 Å². The van der Waals surface area contributed by atoms with Crippen molar-refractivity contribution in [2.24, 2.45) is 0 Å². The highest BCUT2D eigenvalue weighted by Crippen LogP contribution is 2.32. The highest BCUT2D eigenvalue weighted by atomic mass is 79.9. The molecule has 0 fully saturated rings. The van der Waals surface area contributed by atoms with Crippen molar-refractivity contribution in [2.45, 2.75) is 6.42 Å². The van der Waals surface area contributed by atoms with Crippen LogP contribution in [0.5, 0.6) is 0 Å². The maximum atomic E-state index is 11.0. The molecule has 1 aliphatic rings. The van der Waals surface area contributed by atoms with E-state index in [9.17, 15) is 4.79 Å². The molecule has 0 saturated carbocycles. The van der Waals surface area contributed by atoms with Gasteiger partial charge >= 0.3 is 5.97 Å². The van der Waals surface area contributed by atoms with E-state index < -0.39 is 0 Å². The molecular weight excluding hydrogens is 288 g/mol. The molecule has 0 amide bonds. The third kappa shape index (κ3) is 1.69. The van der Waals surface area contributed by atoms with Crippen molar-refractivity contribution in [3.8, 4) is 0 Å². The molecule has 0 radical (unpaired) electrons. The fourth-order valence-electron chi connectivity index (χ4n) is 0.860. The van der Waals surface area contributed by atoms with Crippen molar-refractivity contribution >= 4 is 37.8 Å². The zero-order valence-electron chi connectivity index (χ0n) is 6.14. The molecule has 1 heterocycles. The lowest BCUT2D eigenvalue weighted by Crippen LogP contribution is -1.92. The molecular formula is C8H6Br2O2. The summed E-state index contributed by atoms with van der Waals surface area (Å²) in [7, 11) is 0. The number of hydrogen-bond donors (Lipinski definition) is 0. The minimum absolute atomic E-state index is 0.349. The first kappa shape index (κ1) is 9.74. The third-order valence-corrected chi connectivity index (χ3v) is 2.61. The maximum absolute atomic E-state index is 11.0. The third-order valence-electron chi connectivity index (χ3n) is 1.39. The number of esters is 1. The van der Waals surface area contributed by atoms with E-state index in [2.05, 4.69) is 38.4 Å². The second-order valence-electron chi connectivity index (χ2n) is 2.15. The minimum Gasteiger partial charge on any atom is -0.422 e. The van der Waals surface area contributed by atoms with E-state index in [1.807, 2.05) is 0 Å². The van der Waals surface area contributed by atoms with Gasteiger partial charge in [0.2, 0.25) is 0 Å². The molecule has 4 heteroatoms. The topological polar surface area (TPSA) is 26.3 Å². The molecule has 0 aromatic heterocycles. The van der Waals surface area contributed by atoms with E-state index in [0.29, 0.717) is 16.7 Å². The van der Waals surface area contributed by atoms with Crippen LogP contribution in [0.3, 0.4) is 0 Å². The number of halogens is 2. The molecule has 64 valence electrons. The van der Waals surface area contributed by atoms with Crippen LogP contribution in [0.4, 0.5) is 0 Å². The molecule has 2 nitrogen and oxygen atoms in total. The fraction of sp³-hybridized carbons (Fsp3) is 0.125. The summed E-state index contributed by atoms with van der Waals surface area (Å²) >= 11 is 6.26. The van der Waals surface area contributed by atoms with Gasteiger partial charge in [-0.25, -0.2) is 4.79 Å². The summed E-state index contributed by atoms with van der Waals surface area (Å²) in [5.41, 5.74) is 0.826. The SMILES string of the molecule is C=CCC1=C(Br)C(=O)O/C1=C\Br. The van der Waals surface area contributed by atoms with Crippen LogP contribution in [-0.2, 0) is 9.53 Å². The number of carbonyl (C=O) groups excluding carboxylic acids is 1. The van der Waals surface area contributed by atoms with Crippen LogP contribution in [0.15, 0.2) is 33.5 Å². The monoisotopic (exact) mass is 292 g/mol. The number of carbonyl (C=O) groups is 1. The average molecular weight is 294 g/mol. The summed E-state index contributed by atoms with van der Waals surface area (Å²) in [6.07, 6.45) is 2.33. The fourth-order valence-corrected chi connectivity index (χ4v) is 1.67. The van der Waals surface area contributed by atoms with Gasteiger partial charge in [-0.05, 0) is 22.4 Å². The Morgan fingerprint density at radius 2 is 2.25 bits per heavy atom. The normalized spacial score (nSPS) is 20.2. The number of ether oxygens (including phenoxy) is 1. The van der Waals surface area contributed by atoms with E-state index in [-0.39, 0.29) is 5.97 Å². The van der Waals surface area contributed by atoms with E-state index in [1.165, 1.54) is 0 Å². The first-order chi connectivity index (χ1) is 5.70. The second kappa shape index (κ2) is 4.05. The van der Waals surface area contributed by atoms with Gasteiger partial charge in [0, 0.05) is 10.6 Å². The molecule has 0 saturated heterocycles. The van der Waals surface area contributed by atoms with Crippen LogP contribution in [0.1, 0.15) is 6.42 Å². The van der Waals surface area contributed by atoms with Crippen LogP contribution >= 0.6 is 31.9 Å². The first-order valence-corrected chi connectivity index (χ1v) is 4.94. The van der Waals surface area contributed by atoms with Gasteiger partial charge in [-0.1, -0.05) is 22.0 Å². The Hall–Kier alpha value is -0.350. The average Bonchev–Trinajstić information content (AvgIpc) is 2.33. The quantitative estimate of drug-likeness (QED) is 0.578. The number of rotatable bonds is 2. The summed E-state index contributed by atoms with van der Waals surface area (Å²) in [6.45, 7) is 3.59. The lowest BCUT2D eigenvalue weighted by molar-refractivity contribution is -0.132. The summed E-state index contributed by atoms with van der Waals surface area (Å²) < 4.78 is 5.37. The highest BCUT2D eigenvalue weighted by Gasteiger charge is 2.26. The Labute approximate surface area is 87.2 Å². The van der Waals surface area contributed by atoms with E-state index in [4.69, 9.17) is 4.74 Å². The Balaban J connectivity index is 3.03. The van der Waals surface area contributed by atoms with Crippen molar-refractivity contribution in [2.75, 3.05) is 0 Å². The van der Waals surface area contributed by atoms with Gasteiger partial charge in [0.25, 0.3) is 0 Å². The summed E-state index contributed by atoms with van der Waals surface area (Å²) in [6, 6.07) is 0. The lowest BCUT2D eigenvalue weighted by atomic mass is 10.2. The Morgan fingerprint density at radius 3 is 2.75 bits per heavy atom. The summed E-state index contributed by atoms with van der Waals surface area (Å²) in [5.74, 6) is 0.198. The summed E-state index contributed by atoms with van der Waals surface area (Å²) in [5, 5.41) is 0. The molecule has 0 aromatic rings. The van der Waals surface area contributed by atoms with Gasteiger partial charge in [0.15, 0.2) is 0 Å². The van der Waals surface area contributed by atoms with E-state index >= 15 is 0 Å². The number of cyclic esters (lactones) is 1. The second-order valence-corrected chi connectivity index (χ2v) is 3.40. The maximum Gasteiger partial charge on any atom is 0.351 e. The molecule has 1 rings (SSSR count). The molecule has 0 bridgehead atoms. The Morgan fingerprint density at radius 1 is 1.58 bits per heavy atom. The van der Waals surface area contributed by atoms with Crippen LogP contribution in [0.25, 0.3) is 0 Å². The van der Waals surface area contributed by atoms with Gasteiger partial charge in [-0.3, -0.25) is 0 Å². The summed E-state index contributed by atoms with van der Waals surface area (Å²) in [4.78, 5) is 12.6. The molecule has 1 aliphatic heterocycles. The zero-order valence-corrected chi connectivity index (χ0v) is 9.31. The van der Waals surface area contributed by atoms with Crippen LogP contribution in [0.2, 0.25) is 0 Å². The van der Waals surface area contributed by atoms with E-state index in [0.717, 1.165) is 5.57 Å². The van der Waals surface area contributed by atoms with Crippen LogP contribution < -0.4 is 0 Å². The van der Waals surface area contributed by atoms with Crippen molar-refractivity contribution in [1.29, 1.82) is 0 Å². The van der Waals surface area contributed by atoms with Crippen LogP contribution in [0, 0.1) is 0 Å². The van der Waals surface area contributed by atoms with Gasteiger partial charge < -0.3 is 4.74 Å². The zero-order chi connectivity index (χ0) is 9.14. The number of hydrogen-bond acceptors (Lipinski definition) is 2. The molecule has 0 aromatic carbocycles. The smallest absolute Gasteiger partial charge is 0.351 e. The predicted molar refractivity (Wildman–Crippen MR) is 53.9 cm³/mol. The Bertz CT molecular complexity index is 289. The van der Waals surface area contributed by atoms with Crippen molar-refractivity contribution in [1.82, 2.24) is 0 Å². The van der Waals surface area contributed by atoms with E-state index in [1.54, 1.807) is 11.1 Å². The molecule has 0 atom stereocenters. The minimum atomic E-state index is -0.349. The standard InChI is InChI=1S/C8H6Br2O2/c1-2-3-5-6(4-9)12-8(11)7(5)10/h2,4H,1,3H2/b6-4-. The Kier molecular flexibility index (Phi) is 3.29. The highest BCUT2D eigenvalue weighted by molar-refractivity contribution is 9.12. The number of allylic oxidation sites excluding steroid dienone is 2. The van der Waals surface area contributed by atoms with Gasteiger partial charge in [-0.15, -0.1) is 6.58 Å². The predicted octanol–water partition coefficient (Wildman–Crippen LogP) is 3.00.